The molecule has 3 aliphatic carbocycles. The second-order valence-corrected chi connectivity index (χ2v) is 9.43. The summed E-state index contributed by atoms with van der Waals surface area (Å²) >= 11 is 0. The monoisotopic (exact) mass is 351 g/mol. The number of hydrogen-bond acceptors (Lipinski definition) is 4. The zero-order valence-corrected chi connectivity index (χ0v) is 16.1. The molecule has 4 aliphatic rings. The van der Waals surface area contributed by atoms with Gasteiger partial charge in [-0.15, -0.1) is 0 Å². The van der Waals surface area contributed by atoms with Crippen molar-refractivity contribution in [1.29, 1.82) is 0 Å². The minimum atomic E-state index is -0.503. The molecular weight excluding hydrogens is 318 g/mol. The van der Waals surface area contributed by atoms with Gasteiger partial charge in [0.1, 0.15) is 5.60 Å². The van der Waals surface area contributed by atoms with Gasteiger partial charge in [-0.25, -0.2) is 4.79 Å². The van der Waals surface area contributed by atoms with Gasteiger partial charge in [0, 0.05) is 31.1 Å². The summed E-state index contributed by atoms with van der Waals surface area (Å²) in [5.41, 5.74) is 5.65. The highest BCUT2D eigenvalue weighted by Gasteiger charge is 2.52. The van der Waals surface area contributed by atoms with Gasteiger partial charge in [0.15, 0.2) is 0 Å². The van der Waals surface area contributed by atoms with Gasteiger partial charge in [0.05, 0.1) is 6.04 Å². The Morgan fingerprint density at radius 3 is 2.20 bits per heavy atom. The lowest BCUT2D eigenvalue weighted by Crippen LogP contribution is -2.57. The van der Waals surface area contributed by atoms with E-state index in [0.717, 1.165) is 51.5 Å². The smallest absolute Gasteiger partial charge is 0.410 e. The molecule has 0 radical (unpaired) electrons. The van der Waals surface area contributed by atoms with E-state index in [1.54, 1.807) is 11.9 Å². The molecule has 1 heterocycles. The molecule has 0 aromatic carbocycles. The first-order valence-corrected chi connectivity index (χ1v) is 9.58. The van der Waals surface area contributed by atoms with Gasteiger partial charge >= 0.3 is 6.09 Å². The van der Waals surface area contributed by atoms with Crippen molar-refractivity contribution in [2.75, 3.05) is 20.1 Å². The molecule has 25 heavy (non-hydrogen) atoms. The molecule has 2 N–H and O–H groups in total. The summed E-state index contributed by atoms with van der Waals surface area (Å²) in [5, 5.41) is 0. The molecule has 1 unspecified atom stereocenters. The third kappa shape index (κ3) is 3.64. The number of ether oxygens (including phenoxy) is 1. The average molecular weight is 351 g/mol. The highest BCUT2D eigenvalue weighted by Crippen LogP contribution is 2.52. The van der Waals surface area contributed by atoms with Crippen LogP contribution in [0.25, 0.3) is 0 Å². The van der Waals surface area contributed by atoms with Gasteiger partial charge in [0.2, 0.25) is 5.91 Å². The first kappa shape index (κ1) is 18.5. The fourth-order valence-corrected chi connectivity index (χ4v) is 4.60. The summed E-state index contributed by atoms with van der Waals surface area (Å²) in [6, 6.07) is 0.0379. The van der Waals surface area contributed by atoms with Crippen molar-refractivity contribution in [3.63, 3.8) is 0 Å². The summed E-state index contributed by atoms with van der Waals surface area (Å²) in [5.74, 6) is 0.286. The van der Waals surface area contributed by atoms with Crippen LogP contribution in [0.5, 0.6) is 0 Å². The van der Waals surface area contributed by atoms with Crippen LogP contribution < -0.4 is 5.73 Å². The Kier molecular flexibility index (Phi) is 4.55. The van der Waals surface area contributed by atoms with E-state index in [1.807, 2.05) is 25.7 Å². The Hall–Kier alpha value is -1.30. The second kappa shape index (κ2) is 6.15. The first-order chi connectivity index (χ1) is 11.5. The lowest BCUT2D eigenvalue weighted by atomic mass is 9.57. The summed E-state index contributed by atoms with van der Waals surface area (Å²) in [6.45, 7) is 6.94. The molecule has 6 nitrogen and oxygen atoms in total. The molecule has 1 saturated heterocycles. The molecule has 0 aromatic heterocycles. The van der Waals surface area contributed by atoms with E-state index in [1.165, 1.54) is 0 Å². The molecule has 6 heteroatoms. The third-order valence-corrected chi connectivity index (χ3v) is 6.44. The van der Waals surface area contributed by atoms with Crippen LogP contribution in [0.3, 0.4) is 0 Å². The Morgan fingerprint density at radius 2 is 1.68 bits per heavy atom. The molecule has 3 saturated carbocycles. The Bertz CT molecular complexity index is 530. The Labute approximate surface area is 151 Å². The van der Waals surface area contributed by atoms with E-state index >= 15 is 0 Å². The number of amides is 2. The van der Waals surface area contributed by atoms with Crippen LogP contribution in [0.15, 0.2) is 0 Å². The molecule has 0 aromatic rings. The maximum atomic E-state index is 13.2. The van der Waals surface area contributed by atoms with Crippen LogP contribution in [0, 0.1) is 5.41 Å². The van der Waals surface area contributed by atoms with Crippen LogP contribution in [0.1, 0.15) is 65.7 Å². The van der Waals surface area contributed by atoms with Crippen LogP contribution >= 0.6 is 0 Å². The molecule has 2 amide bonds. The Morgan fingerprint density at radius 1 is 1.12 bits per heavy atom. The summed E-state index contributed by atoms with van der Waals surface area (Å²) in [7, 11) is 1.77. The van der Waals surface area contributed by atoms with E-state index in [9.17, 15) is 9.59 Å². The van der Waals surface area contributed by atoms with Gasteiger partial charge in [-0.1, -0.05) is 0 Å². The third-order valence-electron chi connectivity index (χ3n) is 6.44. The van der Waals surface area contributed by atoms with Crippen LogP contribution in [-0.4, -0.2) is 59.1 Å². The fraction of sp³-hybridized carbons (Fsp3) is 0.895. The van der Waals surface area contributed by atoms with Gasteiger partial charge in [-0.2, -0.15) is 0 Å². The number of fused-ring (bicyclic) bond motifs is 3. The average Bonchev–Trinajstić information content (AvgIpc) is 3.02. The molecule has 142 valence electrons. The number of nitrogens with two attached hydrogens (primary N) is 1. The molecule has 1 aliphatic heterocycles. The lowest BCUT2D eigenvalue weighted by Gasteiger charge is -2.51. The highest BCUT2D eigenvalue weighted by atomic mass is 16.6. The molecule has 4 fully saturated rings. The lowest BCUT2D eigenvalue weighted by molar-refractivity contribution is -0.148. The van der Waals surface area contributed by atoms with Crippen molar-refractivity contribution >= 4 is 12.0 Å². The minimum Gasteiger partial charge on any atom is -0.444 e. The van der Waals surface area contributed by atoms with E-state index in [2.05, 4.69) is 0 Å². The van der Waals surface area contributed by atoms with Crippen molar-refractivity contribution in [1.82, 2.24) is 9.80 Å². The van der Waals surface area contributed by atoms with Crippen LogP contribution in [0.2, 0.25) is 0 Å². The standard InChI is InChI=1S/C19H33N3O3/c1-17(2,3)25-16(24)21(4)14-5-12-22(13-14)15(23)18-6-9-19(20,10-7-18)11-8-18/h14H,5-13,20H2,1-4H3. The minimum absolute atomic E-state index is 0.0213. The summed E-state index contributed by atoms with van der Waals surface area (Å²) < 4.78 is 5.45. The topological polar surface area (TPSA) is 75.9 Å². The van der Waals surface area contributed by atoms with Crippen molar-refractivity contribution in [2.24, 2.45) is 11.1 Å². The van der Waals surface area contributed by atoms with E-state index in [0.29, 0.717) is 6.54 Å². The number of likely N-dealkylation sites (tertiary alicyclic amines) is 1. The first-order valence-electron chi connectivity index (χ1n) is 9.58. The van der Waals surface area contributed by atoms with Gasteiger partial charge in [-0.05, 0) is 65.7 Å². The number of carbonyl (C=O) groups excluding carboxylic acids is 2. The molecule has 1 atom stereocenters. The number of nitrogens with zero attached hydrogens (tertiary/aromatic N) is 2. The van der Waals surface area contributed by atoms with Crippen molar-refractivity contribution < 1.29 is 14.3 Å². The molecule has 2 bridgehead atoms. The maximum Gasteiger partial charge on any atom is 0.410 e. The van der Waals surface area contributed by atoms with E-state index in [4.69, 9.17) is 10.5 Å². The zero-order chi connectivity index (χ0) is 18.5. The van der Waals surface area contributed by atoms with Gasteiger partial charge < -0.3 is 20.3 Å². The summed E-state index contributed by atoms with van der Waals surface area (Å²) in [4.78, 5) is 29.1. The van der Waals surface area contributed by atoms with E-state index in [-0.39, 0.29) is 29.0 Å². The number of carbonyl (C=O) groups is 2. The second-order valence-electron chi connectivity index (χ2n) is 9.43. The van der Waals surface area contributed by atoms with Gasteiger partial charge in [0.25, 0.3) is 0 Å². The molecule has 0 spiro atoms. The Balaban J connectivity index is 1.59. The SMILES string of the molecule is CN(C(=O)OC(C)(C)C)C1CCN(C(=O)C23CCC(N)(CC2)CC3)C1. The van der Waals surface area contributed by atoms with Gasteiger partial charge in [-0.3, -0.25) is 4.79 Å². The van der Waals surface area contributed by atoms with Crippen molar-refractivity contribution in [2.45, 2.75) is 82.9 Å². The predicted molar refractivity (Wildman–Crippen MR) is 96.0 cm³/mol. The zero-order valence-electron chi connectivity index (χ0n) is 16.1. The maximum absolute atomic E-state index is 13.2. The van der Waals surface area contributed by atoms with Crippen molar-refractivity contribution in [3.8, 4) is 0 Å². The largest absolute Gasteiger partial charge is 0.444 e. The number of likely N-dealkylation sites (N-methyl/N-ethyl adjacent to an activating group) is 1. The molecular formula is C19H33N3O3. The number of rotatable bonds is 2. The van der Waals surface area contributed by atoms with Crippen LogP contribution in [-0.2, 0) is 9.53 Å². The quantitative estimate of drug-likeness (QED) is 0.829. The summed E-state index contributed by atoms with van der Waals surface area (Å²) in [6.07, 6.45) is 6.17. The number of hydrogen-bond donors (Lipinski definition) is 1. The molecule has 4 rings (SSSR count). The highest BCUT2D eigenvalue weighted by molar-refractivity contribution is 5.83. The van der Waals surface area contributed by atoms with Crippen LogP contribution in [0.4, 0.5) is 4.79 Å². The fourth-order valence-electron chi connectivity index (χ4n) is 4.60. The predicted octanol–water partition coefficient (Wildman–Crippen LogP) is 2.51. The van der Waals surface area contributed by atoms with Crippen molar-refractivity contribution in [3.05, 3.63) is 0 Å². The van der Waals surface area contributed by atoms with E-state index < -0.39 is 5.60 Å². The normalized spacial score (nSPS) is 34.9.